The molecule has 234 valence electrons. The second-order valence-corrected chi connectivity index (χ2v) is 13.7. The maximum atomic E-state index is 13.3. The van der Waals surface area contributed by atoms with Crippen molar-refractivity contribution in [2.24, 2.45) is 0 Å². The monoisotopic (exact) mass is 685 g/mol. The number of phosphoric ester groups is 1. The molecule has 0 bridgehead atoms. The number of pyridine rings is 1. The van der Waals surface area contributed by atoms with Gasteiger partial charge >= 0.3 is 29.2 Å². The zero-order chi connectivity index (χ0) is 31.7. The van der Waals surface area contributed by atoms with Crippen LogP contribution in [0.1, 0.15) is 11.9 Å². The van der Waals surface area contributed by atoms with E-state index in [2.05, 4.69) is 18.1 Å². The van der Waals surface area contributed by atoms with Gasteiger partial charge in [-0.25, -0.2) is 18.5 Å². The minimum Gasteiger partial charge on any atom is -0.387 e. The van der Waals surface area contributed by atoms with Gasteiger partial charge in [0.1, 0.15) is 18.3 Å². The molecule has 2 aromatic heterocycles. The Hall–Kier alpha value is -2.37. The van der Waals surface area contributed by atoms with Crippen molar-refractivity contribution in [1.29, 1.82) is 0 Å². The Kier molecular flexibility index (Phi) is 10.1. The zero-order valence-electron chi connectivity index (χ0n) is 21.3. The first-order valence-electron chi connectivity index (χ1n) is 11.8. The summed E-state index contributed by atoms with van der Waals surface area (Å²) in [6.07, 6.45) is -4.56. The Labute approximate surface area is 245 Å². The first kappa shape index (κ1) is 33.5. The zero-order valence-corrected chi connectivity index (χ0v) is 24.8. The largest absolute Gasteiger partial charge is 0.490 e. The van der Waals surface area contributed by atoms with Crippen molar-refractivity contribution < 1.29 is 61.4 Å². The van der Waals surface area contributed by atoms with E-state index in [-0.39, 0.29) is 6.54 Å². The van der Waals surface area contributed by atoms with Crippen molar-refractivity contribution in [2.45, 2.75) is 31.1 Å². The van der Waals surface area contributed by atoms with Crippen molar-refractivity contribution in [3.63, 3.8) is 0 Å². The quantitative estimate of drug-likeness (QED) is 0.152. The summed E-state index contributed by atoms with van der Waals surface area (Å²) >= 11 is 6.26. The maximum absolute atomic E-state index is 13.3. The molecule has 22 heteroatoms. The molecular weight excluding hydrogens is 663 g/mol. The number of hydrogen-bond donors (Lipinski definition) is 6. The number of ether oxygens (including phenoxy) is 1. The SMILES string of the molecule is O=c1ccn([C@@H]2O[C@H](COP(=O)(O)OP(=O)(O)OP(=O)(O)O)C(O)C2O)c(=O)n1Cc1cc(-c2ccccc2Cl)ccn1. The molecule has 1 fully saturated rings. The third-order valence-corrected chi connectivity index (χ3v) is 9.98. The number of aromatic nitrogens is 3. The minimum absolute atomic E-state index is 0.302. The molecule has 1 aromatic carbocycles. The summed E-state index contributed by atoms with van der Waals surface area (Å²) in [5, 5.41) is 21.4. The van der Waals surface area contributed by atoms with Crippen LogP contribution in [-0.4, -0.2) is 68.8 Å². The number of phosphoric acid groups is 3. The number of aliphatic hydroxyl groups is 2. The molecule has 3 heterocycles. The van der Waals surface area contributed by atoms with Gasteiger partial charge in [-0.3, -0.25) is 23.4 Å². The van der Waals surface area contributed by atoms with Crippen LogP contribution in [0.4, 0.5) is 0 Å². The Morgan fingerprint density at radius 1 is 0.953 bits per heavy atom. The van der Waals surface area contributed by atoms with Gasteiger partial charge < -0.3 is 34.5 Å². The molecule has 6 N–H and O–H groups in total. The van der Waals surface area contributed by atoms with Crippen molar-refractivity contribution >= 4 is 35.1 Å². The van der Waals surface area contributed by atoms with E-state index in [9.17, 15) is 43.3 Å². The molecule has 6 atom stereocenters. The summed E-state index contributed by atoms with van der Waals surface area (Å²) in [4.78, 5) is 66.1. The number of hydrogen-bond acceptors (Lipinski definition) is 12. The van der Waals surface area contributed by atoms with Crippen LogP contribution in [0.25, 0.3) is 11.1 Å². The van der Waals surface area contributed by atoms with Gasteiger partial charge in [0.2, 0.25) is 0 Å². The fourth-order valence-electron chi connectivity index (χ4n) is 4.03. The first-order valence-corrected chi connectivity index (χ1v) is 16.7. The molecule has 1 aliphatic heterocycles. The molecule has 0 amide bonds. The fraction of sp³-hybridized carbons (Fsp3) is 0.286. The van der Waals surface area contributed by atoms with E-state index in [1.54, 1.807) is 36.4 Å². The average molecular weight is 686 g/mol. The summed E-state index contributed by atoms with van der Waals surface area (Å²) < 4.78 is 52.8. The van der Waals surface area contributed by atoms with Crippen molar-refractivity contribution in [1.82, 2.24) is 14.1 Å². The average Bonchev–Trinajstić information content (AvgIpc) is 3.17. The molecular formula is C21H23ClN3O15P3. The van der Waals surface area contributed by atoms with Crippen LogP contribution in [0, 0.1) is 0 Å². The molecule has 4 rings (SSSR count). The van der Waals surface area contributed by atoms with E-state index < -0.39 is 65.9 Å². The Bertz CT molecular complexity index is 1760. The second kappa shape index (κ2) is 12.9. The molecule has 4 unspecified atom stereocenters. The topological polar surface area (TPSA) is 266 Å². The summed E-state index contributed by atoms with van der Waals surface area (Å²) in [6, 6.07) is 11.3. The van der Waals surface area contributed by atoms with Gasteiger partial charge in [-0.2, -0.15) is 8.62 Å². The third-order valence-electron chi connectivity index (χ3n) is 5.85. The molecule has 0 radical (unpaired) electrons. The van der Waals surface area contributed by atoms with Gasteiger partial charge in [0.25, 0.3) is 5.56 Å². The Morgan fingerprint density at radius 3 is 2.33 bits per heavy atom. The van der Waals surface area contributed by atoms with E-state index in [0.717, 1.165) is 21.4 Å². The van der Waals surface area contributed by atoms with Gasteiger partial charge in [-0.05, 0) is 23.8 Å². The van der Waals surface area contributed by atoms with Crippen LogP contribution >= 0.6 is 35.1 Å². The van der Waals surface area contributed by atoms with E-state index in [1.165, 1.54) is 6.20 Å². The molecule has 1 aliphatic rings. The molecule has 0 saturated carbocycles. The summed E-state index contributed by atoms with van der Waals surface area (Å²) in [7, 11) is -17.0. The Balaban J connectivity index is 1.51. The smallest absolute Gasteiger partial charge is 0.387 e. The Morgan fingerprint density at radius 2 is 1.65 bits per heavy atom. The van der Waals surface area contributed by atoms with Crippen LogP contribution < -0.4 is 11.2 Å². The standard InChI is InChI=1S/C21H23ClN3O15P3/c22-15-4-2-1-3-14(15)12-5-7-23-13(9-12)10-25-17(26)6-8-24(21(25)29)20-19(28)18(27)16(38-20)11-37-42(33,34)40-43(35,36)39-41(30,31)32/h1-9,16,18-20,27-28H,10-11H2,(H,33,34)(H,35,36)(H2,30,31,32)/t16-,18?,19?,20-/m1/s1. The highest BCUT2D eigenvalue weighted by Gasteiger charge is 2.47. The van der Waals surface area contributed by atoms with Crippen molar-refractivity contribution in [3.05, 3.63) is 86.4 Å². The molecule has 43 heavy (non-hydrogen) atoms. The van der Waals surface area contributed by atoms with Crippen LogP contribution in [0.15, 0.2) is 64.4 Å². The highest BCUT2D eigenvalue weighted by atomic mass is 35.5. The van der Waals surface area contributed by atoms with Crippen LogP contribution in [0.3, 0.4) is 0 Å². The number of rotatable bonds is 11. The lowest BCUT2D eigenvalue weighted by Crippen LogP contribution is -2.43. The highest BCUT2D eigenvalue weighted by Crippen LogP contribution is 2.66. The number of halogens is 1. The van der Waals surface area contributed by atoms with Gasteiger partial charge in [-0.15, -0.1) is 0 Å². The lowest BCUT2D eigenvalue weighted by molar-refractivity contribution is -0.0547. The van der Waals surface area contributed by atoms with Gasteiger partial charge in [0.05, 0.1) is 18.8 Å². The lowest BCUT2D eigenvalue weighted by Gasteiger charge is -2.19. The normalized spacial score (nSPS) is 23.5. The number of benzene rings is 1. The van der Waals surface area contributed by atoms with Crippen LogP contribution in [0.2, 0.25) is 5.02 Å². The van der Waals surface area contributed by atoms with Gasteiger partial charge in [0.15, 0.2) is 6.23 Å². The predicted octanol–water partition coefficient (Wildman–Crippen LogP) is 0.736. The van der Waals surface area contributed by atoms with E-state index >= 15 is 0 Å². The van der Waals surface area contributed by atoms with Crippen LogP contribution in [0.5, 0.6) is 0 Å². The molecule has 0 spiro atoms. The van der Waals surface area contributed by atoms with Crippen LogP contribution in [-0.2, 0) is 38.1 Å². The van der Waals surface area contributed by atoms with E-state index in [4.69, 9.17) is 26.1 Å². The molecule has 18 nitrogen and oxygen atoms in total. The van der Waals surface area contributed by atoms with E-state index in [1.807, 2.05) is 0 Å². The fourth-order valence-corrected chi connectivity index (χ4v) is 7.30. The highest BCUT2D eigenvalue weighted by molar-refractivity contribution is 7.66. The minimum atomic E-state index is -5.80. The maximum Gasteiger partial charge on any atom is 0.490 e. The third kappa shape index (κ3) is 8.42. The molecule has 0 aliphatic carbocycles. The summed E-state index contributed by atoms with van der Waals surface area (Å²) in [5.74, 6) is 0. The second-order valence-electron chi connectivity index (χ2n) is 8.88. The van der Waals surface area contributed by atoms with Gasteiger partial charge in [0, 0.05) is 29.0 Å². The molecule has 1 saturated heterocycles. The van der Waals surface area contributed by atoms with Crippen molar-refractivity contribution in [2.75, 3.05) is 6.61 Å². The first-order chi connectivity index (χ1) is 20.0. The number of nitrogens with zero attached hydrogens (tertiary/aromatic N) is 3. The summed E-state index contributed by atoms with van der Waals surface area (Å²) in [5.41, 5.74) is -0.0671. The predicted molar refractivity (Wildman–Crippen MR) is 144 cm³/mol. The van der Waals surface area contributed by atoms with E-state index in [0.29, 0.717) is 21.8 Å². The lowest BCUT2D eigenvalue weighted by atomic mass is 10.1. The van der Waals surface area contributed by atoms with Gasteiger partial charge in [-0.1, -0.05) is 29.8 Å². The number of aliphatic hydroxyl groups excluding tert-OH is 2. The van der Waals surface area contributed by atoms with Crippen molar-refractivity contribution in [3.8, 4) is 11.1 Å². The molecule has 3 aromatic rings. The summed E-state index contributed by atoms with van der Waals surface area (Å²) in [6.45, 7) is -1.40.